The maximum absolute atomic E-state index is 14.0. The lowest BCUT2D eigenvalue weighted by atomic mass is 9.83. The zero-order chi connectivity index (χ0) is 32.3. The molecule has 6 rings (SSSR count). The van der Waals surface area contributed by atoms with E-state index in [0.29, 0.717) is 36.3 Å². The molecule has 2 atom stereocenters. The summed E-state index contributed by atoms with van der Waals surface area (Å²) in [7, 11) is 0. The van der Waals surface area contributed by atoms with E-state index in [1.165, 1.54) is 0 Å². The zero-order valence-electron chi connectivity index (χ0n) is 25.4. The third kappa shape index (κ3) is 6.39. The molecule has 0 aliphatic carbocycles. The van der Waals surface area contributed by atoms with Crippen LogP contribution in [0.3, 0.4) is 0 Å². The van der Waals surface area contributed by atoms with Crippen molar-refractivity contribution >= 4 is 50.0 Å². The van der Waals surface area contributed by atoms with Crippen LogP contribution in [0.5, 0.6) is 0 Å². The first kappa shape index (κ1) is 31.4. The van der Waals surface area contributed by atoms with Crippen LogP contribution in [0.1, 0.15) is 35.7 Å². The van der Waals surface area contributed by atoms with Crippen molar-refractivity contribution in [2.45, 2.75) is 44.9 Å². The number of aromatic amines is 1. The number of carbonyl (C=O) groups excluding carboxylic acids is 2. The number of aliphatic hydroxyl groups excluding tert-OH is 1. The lowest BCUT2D eigenvalue weighted by molar-refractivity contribution is -0.139. The van der Waals surface area contributed by atoms with Gasteiger partial charge >= 0.3 is 0 Å². The predicted molar refractivity (Wildman–Crippen MR) is 180 cm³/mol. The SMILES string of the molecule is C[C@@H](/C=C/CCn1cc(CCO)nn1)[C@]1(O)C(=O)N(Cc2cccc(NC(=O)Cc3c[nH]c4ccccc34)c2)c2ccc(Br)cc21. The van der Waals surface area contributed by atoms with Crippen molar-refractivity contribution in [2.24, 2.45) is 5.92 Å². The van der Waals surface area contributed by atoms with Crippen LogP contribution >= 0.6 is 15.9 Å². The van der Waals surface area contributed by atoms with E-state index in [9.17, 15) is 14.7 Å². The fraction of sp³-hybridized carbons (Fsp3) is 0.257. The Morgan fingerprint density at radius 3 is 2.85 bits per heavy atom. The molecule has 5 aromatic rings. The molecule has 3 aromatic carbocycles. The van der Waals surface area contributed by atoms with E-state index in [-0.39, 0.29) is 25.5 Å². The van der Waals surface area contributed by atoms with Gasteiger partial charge in [-0.3, -0.25) is 14.3 Å². The number of para-hydroxylation sites is 1. The molecule has 0 saturated heterocycles. The number of nitrogens with one attached hydrogen (secondary N) is 2. The molecule has 1 aliphatic heterocycles. The zero-order valence-corrected chi connectivity index (χ0v) is 26.9. The number of carbonyl (C=O) groups is 2. The number of halogens is 1. The van der Waals surface area contributed by atoms with E-state index < -0.39 is 17.4 Å². The van der Waals surface area contributed by atoms with Crippen LogP contribution < -0.4 is 10.2 Å². The van der Waals surface area contributed by atoms with Crippen molar-refractivity contribution in [3.05, 3.63) is 118 Å². The highest BCUT2D eigenvalue weighted by Crippen LogP contribution is 2.46. The second-order valence-corrected chi connectivity index (χ2v) is 12.5. The van der Waals surface area contributed by atoms with E-state index in [0.717, 1.165) is 32.2 Å². The number of fused-ring (bicyclic) bond motifs is 2. The van der Waals surface area contributed by atoms with E-state index >= 15 is 0 Å². The average Bonchev–Trinajstić information content (AvgIpc) is 3.73. The summed E-state index contributed by atoms with van der Waals surface area (Å²) in [6, 6.07) is 20.8. The minimum absolute atomic E-state index is 0.0197. The van der Waals surface area contributed by atoms with Crippen molar-refractivity contribution in [1.82, 2.24) is 20.0 Å². The highest BCUT2D eigenvalue weighted by Gasteiger charge is 2.52. The van der Waals surface area contributed by atoms with Crippen LogP contribution in [0.2, 0.25) is 0 Å². The number of hydrogen-bond acceptors (Lipinski definition) is 6. The Balaban J connectivity index is 1.15. The third-order valence-electron chi connectivity index (χ3n) is 8.37. The quantitative estimate of drug-likeness (QED) is 0.133. The summed E-state index contributed by atoms with van der Waals surface area (Å²) in [5.74, 6) is -1.07. The smallest absolute Gasteiger partial charge is 0.264 e. The van der Waals surface area contributed by atoms with Crippen molar-refractivity contribution in [1.29, 1.82) is 0 Å². The Morgan fingerprint density at radius 2 is 2.00 bits per heavy atom. The standard InChI is InChI=1S/C35H35BrN6O4/c1-23(7-4-5-15-41-22-28(14-16-43)39-40-41)35(46)30-19-26(36)12-13-32(30)42(34(35)45)21-24-8-6-9-27(17-24)38-33(44)18-25-20-37-31-11-3-2-10-29(25)31/h2-4,6-13,17,19-20,22-23,37,43,46H,5,14-16,18,21H2,1H3,(H,38,44)/b7-4+/t23-,35+/m0/s1. The molecule has 0 saturated carbocycles. The van der Waals surface area contributed by atoms with E-state index in [2.05, 4.69) is 36.5 Å². The van der Waals surface area contributed by atoms with Crippen LogP contribution in [0.25, 0.3) is 10.9 Å². The molecule has 0 radical (unpaired) electrons. The maximum atomic E-state index is 14.0. The summed E-state index contributed by atoms with van der Waals surface area (Å²) in [6.07, 6.45) is 8.77. The van der Waals surface area contributed by atoms with Crippen LogP contribution in [-0.2, 0) is 41.1 Å². The highest BCUT2D eigenvalue weighted by molar-refractivity contribution is 9.10. The van der Waals surface area contributed by atoms with Crippen molar-refractivity contribution < 1.29 is 19.8 Å². The van der Waals surface area contributed by atoms with Crippen LogP contribution in [-0.4, -0.2) is 48.6 Å². The molecule has 0 fully saturated rings. The molecule has 3 heterocycles. The number of nitrogens with zero attached hydrogens (tertiary/aromatic N) is 4. The first-order valence-electron chi connectivity index (χ1n) is 15.2. The lowest BCUT2D eigenvalue weighted by Crippen LogP contribution is -2.44. The number of H-pyrrole nitrogens is 1. The second-order valence-electron chi connectivity index (χ2n) is 11.6. The largest absolute Gasteiger partial charge is 0.396 e. The van der Waals surface area contributed by atoms with Gasteiger partial charge in [0, 0.05) is 64.5 Å². The molecule has 0 unspecified atom stereocenters. The molecule has 2 aromatic heterocycles. The van der Waals surface area contributed by atoms with E-state index in [1.807, 2.05) is 85.9 Å². The number of benzene rings is 3. The summed E-state index contributed by atoms with van der Waals surface area (Å²) in [4.78, 5) is 31.8. The molecular formula is C35H35BrN6O4. The number of rotatable bonds is 12. The Hall–Kier alpha value is -4.58. The molecule has 4 N–H and O–H groups in total. The molecule has 46 heavy (non-hydrogen) atoms. The minimum Gasteiger partial charge on any atom is -0.396 e. The molecule has 11 heteroatoms. The topological polar surface area (TPSA) is 136 Å². The average molecular weight is 684 g/mol. The molecule has 236 valence electrons. The minimum atomic E-state index is -1.76. The summed E-state index contributed by atoms with van der Waals surface area (Å²) < 4.78 is 2.47. The number of aliphatic hydroxyl groups is 2. The van der Waals surface area contributed by atoms with Gasteiger partial charge in [0.2, 0.25) is 5.91 Å². The summed E-state index contributed by atoms with van der Waals surface area (Å²) in [5, 5.41) is 33.2. The monoisotopic (exact) mass is 682 g/mol. The van der Waals surface area contributed by atoms with Crippen molar-refractivity contribution in [2.75, 3.05) is 16.8 Å². The van der Waals surface area contributed by atoms with Crippen molar-refractivity contribution in [3.8, 4) is 0 Å². The molecule has 0 spiro atoms. The van der Waals surface area contributed by atoms with Crippen LogP contribution in [0.15, 0.2) is 95.7 Å². The Labute approximate surface area is 274 Å². The number of aryl methyl sites for hydroxylation is 1. The van der Waals surface area contributed by atoms with Gasteiger partial charge in [0.1, 0.15) is 0 Å². The first-order chi connectivity index (χ1) is 22.3. The summed E-state index contributed by atoms with van der Waals surface area (Å²) in [6.45, 7) is 2.66. The van der Waals surface area contributed by atoms with Gasteiger partial charge in [-0.2, -0.15) is 0 Å². The summed E-state index contributed by atoms with van der Waals surface area (Å²) in [5.41, 5.74) is 3.50. The highest BCUT2D eigenvalue weighted by atomic mass is 79.9. The van der Waals surface area contributed by atoms with Gasteiger partial charge in [0.15, 0.2) is 5.60 Å². The number of anilines is 2. The van der Waals surface area contributed by atoms with Crippen LogP contribution in [0.4, 0.5) is 11.4 Å². The maximum Gasteiger partial charge on any atom is 0.264 e. The van der Waals surface area contributed by atoms with Gasteiger partial charge in [-0.25, -0.2) is 0 Å². The van der Waals surface area contributed by atoms with Gasteiger partial charge in [-0.05, 0) is 53.9 Å². The Morgan fingerprint density at radius 1 is 1.15 bits per heavy atom. The number of hydrogen-bond donors (Lipinski definition) is 4. The Bertz CT molecular complexity index is 1920. The Kier molecular flexibility index (Phi) is 9.16. The van der Waals surface area contributed by atoms with Gasteiger partial charge in [-0.15, -0.1) is 5.10 Å². The molecule has 10 nitrogen and oxygen atoms in total. The number of amides is 2. The van der Waals surface area contributed by atoms with Gasteiger partial charge in [0.25, 0.3) is 5.91 Å². The molecule has 1 aliphatic rings. The summed E-state index contributed by atoms with van der Waals surface area (Å²) >= 11 is 3.51. The number of allylic oxidation sites excluding steroid dienone is 1. The van der Waals surface area contributed by atoms with E-state index in [4.69, 9.17) is 5.11 Å². The lowest BCUT2D eigenvalue weighted by Gasteiger charge is -2.28. The van der Waals surface area contributed by atoms with Crippen molar-refractivity contribution in [3.63, 3.8) is 0 Å². The van der Waals surface area contributed by atoms with Crippen LogP contribution in [0, 0.1) is 5.92 Å². The van der Waals surface area contributed by atoms with Gasteiger partial charge in [0.05, 0.1) is 24.3 Å². The fourth-order valence-corrected chi connectivity index (χ4v) is 6.35. The molecule has 2 amide bonds. The van der Waals surface area contributed by atoms with Gasteiger partial charge < -0.3 is 25.4 Å². The van der Waals surface area contributed by atoms with Gasteiger partial charge in [-0.1, -0.05) is 70.6 Å². The first-order valence-corrected chi connectivity index (χ1v) is 16.0. The fourth-order valence-electron chi connectivity index (χ4n) is 5.99. The normalized spacial score (nSPS) is 16.8. The predicted octanol–water partition coefficient (Wildman–Crippen LogP) is 5.25. The third-order valence-corrected chi connectivity index (χ3v) is 8.86. The number of aromatic nitrogens is 4. The second kappa shape index (κ2) is 13.4. The molecular weight excluding hydrogens is 648 g/mol. The molecule has 0 bridgehead atoms. The van der Waals surface area contributed by atoms with E-state index in [1.54, 1.807) is 21.8 Å².